The van der Waals surface area contributed by atoms with Gasteiger partial charge in [-0.3, -0.25) is 4.98 Å². The van der Waals surface area contributed by atoms with Crippen LogP contribution in [0.15, 0.2) is 24.5 Å². The van der Waals surface area contributed by atoms with Gasteiger partial charge in [0, 0.05) is 12.4 Å². The van der Waals surface area contributed by atoms with Crippen LogP contribution in [0.1, 0.15) is 45.1 Å². The van der Waals surface area contributed by atoms with Crippen molar-refractivity contribution in [2.24, 2.45) is 5.92 Å². The number of unbranched alkanes of at least 4 members (excludes halogenated alkanes) is 2. The summed E-state index contributed by atoms with van der Waals surface area (Å²) in [5.41, 5.74) is 1.37. The summed E-state index contributed by atoms with van der Waals surface area (Å²) in [6.45, 7) is 4.59. The quantitative estimate of drug-likeness (QED) is 0.622. The van der Waals surface area contributed by atoms with Crippen LogP contribution < -0.4 is 0 Å². The highest BCUT2D eigenvalue weighted by Gasteiger charge is 1.95. The molecule has 0 saturated heterocycles. The molecular formula is C13H21N. The number of hydrogen-bond acceptors (Lipinski definition) is 1. The molecule has 0 bridgehead atoms. The molecule has 0 amide bonds. The first kappa shape index (κ1) is 11.2. The molecule has 0 saturated carbocycles. The second kappa shape index (κ2) is 6.58. The van der Waals surface area contributed by atoms with Gasteiger partial charge < -0.3 is 0 Å². The summed E-state index contributed by atoms with van der Waals surface area (Å²) in [4.78, 5) is 4.11. The lowest BCUT2D eigenvalue weighted by molar-refractivity contribution is 0.527. The van der Waals surface area contributed by atoms with Crippen molar-refractivity contribution in [3.05, 3.63) is 30.1 Å². The van der Waals surface area contributed by atoms with Crippen molar-refractivity contribution in [1.82, 2.24) is 4.98 Å². The Morgan fingerprint density at radius 2 is 2.07 bits per heavy atom. The van der Waals surface area contributed by atoms with Crippen LogP contribution >= 0.6 is 0 Å². The molecule has 1 heteroatoms. The van der Waals surface area contributed by atoms with Crippen LogP contribution in [0.2, 0.25) is 0 Å². The van der Waals surface area contributed by atoms with E-state index in [1.807, 2.05) is 18.5 Å². The van der Waals surface area contributed by atoms with Gasteiger partial charge in [-0.1, -0.05) is 39.2 Å². The molecule has 0 aliphatic carbocycles. The Labute approximate surface area is 87.6 Å². The second-order valence-electron chi connectivity index (χ2n) is 4.35. The summed E-state index contributed by atoms with van der Waals surface area (Å²) in [5, 5.41) is 0. The lowest BCUT2D eigenvalue weighted by Crippen LogP contribution is -1.89. The minimum atomic E-state index is 0.855. The largest absolute Gasteiger partial charge is 0.264 e. The molecule has 0 atom stereocenters. The van der Waals surface area contributed by atoms with E-state index in [1.165, 1.54) is 37.7 Å². The standard InChI is InChI=1S/C13H21N/c1-12(2)7-4-3-5-8-13-9-6-10-14-11-13/h6,9-12H,3-5,7-8H2,1-2H3. The van der Waals surface area contributed by atoms with E-state index in [1.54, 1.807) is 0 Å². The van der Waals surface area contributed by atoms with Gasteiger partial charge in [0.25, 0.3) is 0 Å². The third-order valence-corrected chi connectivity index (χ3v) is 2.47. The topological polar surface area (TPSA) is 12.9 Å². The first-order valence-corrected chi connectivity index (χ1v) is 5.68. The molecule has 1 aromatic heterocycles. The zero-order valence-corrected chi connectivity index (χ0v) is 9.37. The first-order chi connectivity index (χ1) is 6.79. The fraction of sp³-hybridized carbons (Fsp3) is 0.615. The average Bonchev–Trinajstić information content (AvgIpc) is 2.18. The summed E-state index contributed by atoms with van der Waals surface area (Å²) < 4.78 is 0. The Balaban J connectivity index is 2.05. The lowest BCUT2D eigenvalue weighted by atomic mass is 10.0. The molecule has 0 radical (unpaired) electrons. The summed E-state index contributed by atoms with van der Waals surface area (Å²) in [6.07, 6.45) is 10.4. The molecule has 1 aromatic rings. The van der Waals surface area contributed by atoms with Crippen molar-refractivity contribution in [3.63, 3.8) is 0 Å². The predicted molar refractivity (Wildman–Crippen MR) is 61.2 cm³/mol. The van der Waals surface area contributed by atoms with Crippen LogP contribution in [-0.2, 0) is 6.42 Å². The van der Waals surface area contributed by atoms with Crippen LogP contribution in [0.25, 0.3) is 0 Å². The van der Waals surface area contributed by atoms with Gasteiger partial charge in [-0.25, -0.2) is 0 Å². The van der Waals surface area contributed by atoms with Crippen LogP contribution in [0.4, 0.5) is 0 Å². The van der Waals surface area contributed by atoms with Gasteiger partial charge in [0.15, 0.2) is 0 Å². The molecule has 0 N–H and O–H groups in total. The first-order valence-electron chi connectivity index (χ1n) is 5.68. The van der Waals surface area contributed by atoms with E-state index in [9.17, 15) is 0 Å². The summed E-state index contributed by atoms with van der Waals surface area (Å²) in [6, 6.07) is 4.18. The minimum absolute atomic E-state index is 0.855. The van der Waals surface area contributed by atoms with Gasteiger partial charge >= 0.3 is 0 Å². The van der Waals surface area contributed by atoms with Gasteiger partial charge in [-0.15, -0.1) is 0 Å². The molecular weight excluding hydrogens is 170 g/mol. The maximum atomic E-state index is 4.11. The van der Waals surface area contributed by atoms with Gasteiger partial charge in [0.2, 0.25) is 0 Å². The SMILES string of the molecule is CC(C)CCCCCc1cccnc1. The van der Waals surface area contributed by atoms with Crippen molar-refractivity contribution in [3.8, 4) is 0 Å². The number of rotatable bonds is 6. The second-order valence-corrected chi connectivity index (χ2v) is 4.35. The van der Waals surface area contributed by atoms with Crippen molar-refractivity contribution in [1.29, 1.82) is 0 Å². The van der Waals surface area contributed by atoms with Crippen LogP contribution in [-0.4, -0.2) is 4.98 Å². The van der Waals surface area contributed by atoms with E-state index in [0.717, 1.165) is 5.92 Å². The third kappa shape index (κ3) is 5.00. The summed E-state index contributed by atoms with van der Waals surface area (Å²) >= 11 is 0. The zero-order valence-electron chi connectivity index (χ0n) is 9.37. The van der Waals surface area contributed by atoms with Gasteiger partial charge in [0.05, 0.1) is 0 Å². The van der Waals surface area contributed by atoms with Crippen LogP contribution in [0.5, 0.6) is 0 Å². The minimum Gasteiger partial charge on any atom is -0.264 e. The van der Waals surface area contributed by atoms with E-state index in [0.29, 0.717) is 0 Å². The molecule has 14 heavy (non-hydrogen) atoms. The van der Waals surface area contributed by atoms with Crippen LogP contribution in [0, 0.1) is 5.92 Å². The van der Waals surface area contributed by atoms with Crippen molar-refractivity contribution in [2.45, 2.75) is 46.0 Å². The van der Waals surface area contributed by atoms with E-state index in [2.05, 4.69) is 24.9 Å². The van der Waals surface area contributed by atoms with Crippen molar-refractivity contribution >= 4 is 0 Å². The Morgan fingerprint density at radius 3 is 2.71 bits per heavy atom. The molecule has 0 aliphatic heterocycles. The highest BCUT2D eigenvalue weighted by molar-refractivity contribution is 5.08. The van der Waals surface area contributed by atoms with Crippen molar-refractivity contribution < 1.29 is 0 Å². The molecule has 1 rings (SSSR count). The Hall–Kier alpha value is -0.850. The normalized spacial score (nSPS) is 10.8. The van der Waals surface area contributed by atoms with Gasteiger partial charge in [-0.2, -0.15) is 0 Å². The van der Waals surface area contributed by atoms with Crippen LogP contribution in [0.3, 0.4) is 0 Å². The number of aryl methyl sites for hydroxylation is 1. The monoisotopic (exact) mass is 191 g/mol. The maximum Gasteiger partial charge on any atom is 0.0299 e. The highest BCUT2D eigenvalue weighted by atomic mass is 14.6. The van der Waals surface area contributed by atoms with E-state index in [-0.39, 0.29) is 0 Å². The molecule has 78 valence electrons. The molecule has 1 heterocycles. The van der Waals surface area contributed by atoms with E-state index in [4.69, 9.17) is 0 Å². The molecule has 0 unspecified atom stereocenters. The van der Waals surface area contributed by atoms with Crippen molar-refractivity contribution in [2.75, 3.05) is 0 Å². The third-order valence-electron chi connectivity index (χ3n) is 2.47. The predicted octanol–water partition coefficient (Wildman–Crippen LogP) is 3.84. The highest BCUT2D eigenvalue weighted by Crippen LogP contribution is 2.10. The molecule has 0 aliphatic rings. The fourth-order valence-corrected chi connectivity index (χ4v) is 1.60. The van der Waals surface area contributed by atoms with Gasteiger partial charge in [0.1, 0.15) is 0 Å². The van der Waals surface area contributed by atoms with Gasteiger partial charge in [-0.05, 0) is 30.4 Å². The molecule has 1 nitrogen and oxygen atoms in total. The molecule has 0 aromatic carbocycles. The number of pyridine rings is 1. The molecule has 0 fully saturated rings. The summed E-state index contributed by atoms with van der Waals surface area (Å²) in [5.74, 6) is 0.855. The Bertz CT molecular complexity index is 228. The summed E-state index contributed by atoms with van der Waals surface area (Å²) in [7, 11) is 0. The lowest BCUT2D eigenvalue weighted by Gasteiger charge is -2.04. The average molecular weight is 191 g/mol. The number of hydrogen-bond donors (Lipinski definition) is 0. The fourth-order valence-electron chi connectivity index (χ4n) is 1.60. The zero-order chi connectivity index (χ0) is 10.2. The van der Waals surface area contributed by atoms with E-state index >= 15 is 0 Å². The van der Waals surface area contributed by atoms with E-state index < -0.39 is 0 Å². The number of aromatic nitrogens is 1. The Morgan fingerprint density at radius 1 is 1.21 bits per heavy atom. The smallest absolute Gasteiger partial charge is 0.0299 e. The Kier molecular flexibility index (Phi) is 5.28. The molecule has 0 spiro atoms. The maximum absolute atomic E-state index is 4.11. The number of nitrogens with zero attached hydrogens (tertiary/aromatic N) is 1.